The van der Waals surface area contributed by atoms with Crippen LogP contribution in [0, 0.1) is 16.7 Å². The maximum Gasteiger partial charge on any atom is 0.243 e. The lowest BCUT2D eigenvalue weighted by atomic mass is 9.80. The van der Waals surface area contributed by atoms with E-state index >= 15 is 0 Å². The van der Waals surface area contributed by atoms with Crippen LogP contribution in [0.15, 0.2) is 30.3 Å². The van der Waals surface area contributed by atoms with Crippen LogP contribution in [0.3, 0.4) is 0 Å². The number of amides is 1. The van der Waals surface area contributed by atoms with Gasteiger partial charge in [-0.2, -0.15) is 5.26 Å². The number of hydrogen-bond acceptors (Lipinski definition) is 3. The van der Waals surface area contributed by atoms with E-state index in [1.165, 1.54) is 5.56 Å². The molecule has 110 valence electrons. The van der Waals surface area contributed by atoms with Crippen molar-refractivity contribution < 1.29 is 9.53 Å². The van der Waals surface area contributed by atoms with Crippen molar-refractivity contribution in [2.24, 2.45) is 5.41 Å². The van der Waals surface area contributed by atoms with E-state index in [0.29, 0.717) is 32.0 Å². The van der Waals surface area contributed by atoms with E-state index in [9.17, 15) is 10.1 Å². The van der Waals surface area contributed by atoms with Gasteiger partial charge in [-0.1, -0.05) is 30.3 Å². The molecule has 3 rings (SSSR count). The Kier molecular flexibility index (Phi) is 3.94. The minimum Gasteiger partial charge on any atom is -0.381 e. The van der Waals surface area contributed by atoms with E-state index in [-0.39, 0.29) is 5.91 Å². The number of hydrogen-bond donors (Lipinski definition) is 0. The molecule has 0 bridgehead atoms. The van der Waals surface area contributed by atoms with Gasteiger partial charge in [0.1, 0.15) is 5.41 Å². The summed E-state index contributed by atoms with van der Waals surface area (Å²) in [5, 5.41) is 9.50. The molecule has 21 heavy (non-hydrogen) atoms. The highest BCUT2D eigenvalue weighted by Gasteiger charge is 2.44. The number of nitriles is 1. The highest BCUT2D eigenvalue weighted by atomic mass is 16.5. The summed E-state index contributed by atoms with van der Waals surface area (Å²) in [6.45, 7) is 2.50. The Labute approximate surface area is 125 Å². The van der Waals surface area contributed by atoms with E-state index in [1.807, 2.05) is 23.1 Å². The lowest BCUT2D eigenvalue weighted by Gasteiger charge is -2.33. The van der Waals surface area contributed by atoms with E-state index in [0.717, 1.165) is 19.5 Å². The zero-order valence-electron chi connectivity index (χ0n) is 12.1. The molecule has 1 aromatic rings. The summed E-state index contributed by atoms with van der Waals surface area (Å²) in [6.07, 6.45) is 2.03. The first kappa shape index (κ1) is 14.1. The van der Waals surface area contributed by atoms with Crippen molar-refractivity contribution >= 4 is 5.91 Å². The fourth-order valence-corrected chi connectivity index (χ4v) is 3.34. The first-order chi connectivity index (χ1) is 10.2. The second-order valence-electron chi connectivity index (χ2n) is 5.95. The molecule has 2 saturated heterocycles. The molecule has 1 atom stereocenters. The van der Waals surface area contributed by atoms with Crippen LogP contribution in [-0.2, 0) is 9.53 Å². The lowest BCUT2D eigenvalue weighted by Crippen LogP contribution is -2.45. The molecule has 2 aliphatic heterocycles. The highest BCUT2D eigenvalue weighted by molar-refractivity contribution is 5.86. The van der Waals surface area contributed by atoms with Crippen LogP contribution in [0.1, 0.15) is 30.7 Å². The maximum atomic E-state index is 12.8. The minimum atomic E-state index is -0.857. The molecule has 0 spiro atoms. The second-order valence-corrected chi connectivity index (χ2v) is 5.95. The average molecular weight is 284 g/mol. The van der Waals surface area contributed by atoms with Gasteiger partial charge in [0.2, 0.25) is 5.91 Å². The van der Waals surface area contributed by atoms with Crippen molar-refractivity contribution in [3.05, 3.63) is 35.9 Å². The third-order valence-corrected chi connectivity index (χ3v) is 4.72. The zero-order valence-corrected chi connectivity index (χ0v) is 12.1. The predicted molar refractivity (Wildman–Crippen MR) is 78.5 cm³/mol. The number of benzene rings is 1. The summed E-state index contributed by atoms with van der Waals surface area (Å²) < 4.78 is 5.31. The predicted octanol–water partition coefficient (Wildman–Crippen LogP) is 2.32. The van der Waals surface area contributed by atoms with Crippen molar-refractivity contribution in [3.8, 4) is 6.07 Å². The molecule has 4 heteroatoms. The van der Waals surface area contributed by atoms with Gasteiger partial charge in [0.05, 0.1) is 6.07 Å². The van der Waals surface area contributed by atoms with Crippen LogP contribution in [0.4, 0.5) is 0 Å². The van der Waals surface area contributed by atoms with Crippen molar-refractivity contribution in [2.45, 2.75) is 25.2 Å². The Morgan fingerprint density at radius 1 is 1.29 bits per heavy atom. The molecular weight excluding hydrogens is 264 g/mol. The second kappa shape index (κ2) is 5.87. The summed E-state index contributed by atoms with van der Waals surface area (Å²) >= 11 is 0. The monoisotopic (exact) mass is 284 g/mol. The van der Waals surface area contributed by atoms with Gasteiger partial charge in [0.15, 0.2) is 0 Å². The van der Waals surface area contributed by atoms with Gasteiger partial charge >= 0.3 is 0 Å². The van der Waals surface area contributed by atoms with Gasteiger partial charge in [0.25, 0.3) is 0 Å². The van der Waals surface area contributed by atoms with E-state index in [2.05, 4.69) is 18.2 Å². The van der Waals surface area contributed by atoms with Gasteiger partial charge in [-0.3, -0.25) is 4.79 Å². The summed E-state index contributed by atoms with van der Waals surface area (Å²) in [4.78, 5) is 14.7. The smallest absolute Gasteiger partial charge is 0.243 e. The van der Waals surface area contributed by atoms with E-state index in [1.54, 1.807) is 0 Å². The standard InChI is InChI=1S/C17H20N2O2/c18-13-17(7-10-21-11-8-17)16(20)19-9-6-15(12-19)14-4-2-1-3-5-14/h1-5,15H,6-12H2. The van der Waals surface area contributed by atoms with Gasteiger partial charge < -0.3 is 9.64 Å². The van der Waals surface area contributed by atoms with Crippen LogP contribution in [0.5, 0.6) is 0 Å². The molecule has 4 nitrogen and oxygen atoms in total. The highest BCUT2D eigenvalue weighted by Crippen LogP contribution is 2.35. The Balaban J connectivity index is 1.71. The molecule has 2 fully saturated rings. The van der Waals surface area contributed by atoms with Crippen molar-refractivity contribution in [1.29, 1.82) is 5.26 Å². The van der Waals surface area contributed by atoms with Gasteiger partial charge in [-0.05, 0) is 24.8 Å². The molecule has 2 aliphatic rings. The number of likely N-dealkylation sites (tertiary alicyclic amines) is 1. The van der Waals surface area contributed by atoms with Crippen molar-refractivity contribution in [2.75, 3.05) is 26.3 Å². The zero-order chi connectivity index (χ0) is 14.7. The fraction of sp³-hybridized carbons (Fsp3) is 0.529. The molecule has 1 amide bonds. The van der Waals surface area contributed by atoms with Crippen LogP contribution in [0.2, 0.25) is 0 Å². The normalized spacial score (nSPS) is 24.5. The summed E-state index contributed by atoms with van der Waals surface area (Å²) in [5.74, 6) is 0.400. The Morgan fingerprint density at radius 2 is 2.00 bits per heavy atom. The third kappa shape index (κ3) is 2.66. The van der Waals surface area contributed by atoms with Crippen molar-refractivity contribution in [3.63, 3.8) is 0 Å². The topological polar surface area (TPSA) is 53.3 Å². The van der Waals surface area contributed by atoms with Crippen LogP contribution in [-0.4, -0.2) is 37.1 Å². The maximum absolute atomic E-state index is 12.8. The number of nitrogens with zero attached hydrogens (tertiary/aromatic N) is 2. The van der Waals surface area contributed by atoms with Crippen LogP contribution in [0.25, 0.3) is 0 Å². The van der Waals surface area contributed by atoms with E-state index in [4.69, 9.17) is 4.74 Å². The Morgan fingerprint density at radius 3 is 2.67 bits per heavy atom. The molecule has 2 heterocycles. The molecule has 0 N–H and O–H groups in total. The van der Waals surface area contributed by atoms with Gasteiger partial charge in [0, 0.05) is 32.2 Å². The molecule has 0 aliphatic carbocycles. The third-order valence-electron chi connectivity index (χ3n) is 4.72. The largest absolute Gasteiger partial charge is 0.381 e. The first-order valence-corrected chi connectivity index (χ1v) is 7.58. The number of rotatable bonds is 2. The molecule has 0 radical (unpaired) electrons. The SMILES string of the molecule is N#CC1(C(=O)N2CCC(c3ccccc3)C2)CCOCC1. The van der Waals surface area contributed by atoms with Crippen molar-refractivity contribution in [1.82, 2.24) is 4.90 Å². The van der Waals surface area contributed by atoms with Crippen LogP contribution >= 0.6 is 0 Å². The molecule has 0 saturated carbocycles. The Bertz CT molecular complexity index is 544. The molecule has 0 aromatic heterocycles. The fourth-order valence-electron chi connectivity index (χ4n) is 3.34. The van der Waals surface area contributed by atoms with E-state index < -0.39 is 5.41 Å². The average Bonchev–Trinajstić information content (AvgIpc) is 3.05. The first-order valence-electron chi connectivity index (χ1n) is 7.58. The number of carbonyl (C=O) groups excluding carboxylic acids is 1. The number of ether oxygens (including phenoxy) is 1. The molecular formula is C17H20N2O2. The van der Waals surface area contributed by atoms with Crippen LogP contribution < -0.4 is 0 Å². The summed E-state index contributed by atoms with van der Waals surface area (Å²) in [7, 11) is 0. The summed E-state index contributed by atoms with van der Waals surface area (Å²) in [5.41, 5.74) is 0.426. The quantitative estimate of drug-likeness (QED) is 0.837. The molecule has 1 aromatic carbocycles. The van der Waals surface area contributed by atoms with Gasteiger partial charge in [-0.15, -0.1) is 0 Å². The van der Waals surface area contributed by atoms with Gasteiger partial charge in [-0.25, -0.2) is 0 Å². The summed E-state index contributed by atoms with van der Waals surface area (Å²) in [6, 6.07) is 12.6. The molecule has 1 unspecified atom stereocenters. The minimum absolute atomic E-state index is 0.00623. The number of carbonyl (C=O) groups is 1. The Hall–Kier alpha value is -1.86. The lowest BCUT2D eigenvalue weighted by molar-refractivity contribution is -0.142.